The molecule has 27 heavy (non-hydrogen) atoms. The molecule has 0 amide bonds. The van der Waals surface area contributed by atoms with Crippen LogP contribution in [0, 0.1) is 17.8 Å². The Balaban J connectivity index is 2.04. The van der Waals surface area contributed by atoms with Crippen molar-refractivity contribution in [3.8, 4) is 0 Å². The highest BCUT2D eigenvalue weighted by Gasteiger charge is 2.10. The minimum Gasteiger partial charge on any atom is -0.463 e. The maximum Gasteiger partial charge on any atom is 0.332 e. The molecule has 2 heterocycles. The van der Waals surface area contributed by atoms with Crippen LogP contribution in [0.3, 0.4) is 0 Å². The fourth-order valence-electron chi connectivity index (χ4n) is 2.83. The lowest BCUT2D eigenvalue weighted by Crippen LogP contribution is -2.23. The molecule has 5 nitrogen and oxygen atoms in total. The van der Waals surface area contributed by atoms with Crippen LogP contribution in [-0.4, -0.2) is 27.3 Å². The quantitative estimate of drug-likeness (QED) is 0.529. The van der Waals surface area contributed by atoms with Crippen LogP contribution in [-0.2, 0) is 16.1 Å². The minimum atomic E-state index is -0.385. The molecule has 0 bridgehead atoms. The maximum absolute atomic E-state index is 11.8. The summed E-state index contributed by atoms with van der Waals surface area (Å²) in [6.45, 7) is 6.87. The Kier molecular flexibility index (Phi) is 6.03. The summed E-state index contributed by atoms with van der Waals surface area (Å²) in [6, 6.07) is 10.2. The number of benzene rings is 1. The number of hydrogen-bond donors (Lipinski definition) is 1. The van der Waals surface area contributed by atoms with E-state index in [1.807, 2.05) is 35.9 Å². The zero-order valence-electron chi connectivity index (χ0n) is 15.5. The molecule has 0 atom stereocenters. The van der Waals surface area contributed by atoms with Gasteiger partial charge in [0.15, 0.2) is 3.95 Å². The summed E-state index contributed by atoms with van der Waals surface area (Å²) in [4.78, 5) is 14.9. The van der Waals surface area contributed by atoms with Gasteiger partial charge in [-0.25, -0.2) is 4.79 Å². The Hall–Kier alpha value is -2.51. The van der Waals surface area contributed by atoms with Gasteiger partial charge in [-0.3, -0.25) is 4.68 Å². The molecule has 0 fully saturated rings. The first-order valence-corrected chi connectivity index (χ1v) is 9.87. The smallest absolute Gasteiger partial charge is 0.332 e. The van der Waals surface area contributed by atoms with Crippen molar-refractivity contribution < 1.29 is 9.53 Å². The van der Waals surface area contributed by atoms with E-state index in [9.17, 15) is 4.79 Å². The topological polar surface area (TPSA) is 59.9 Å². The van der Waals surface area contributed by atoms with Crippen molar-refractivity contribution in [3.63, 3.8) is 0 Å². The molecular formula is C20H21N3O2S2. The molecule has 0 spiro atoms. The predicted octanol–water partition coefficient (Wildman–Crippen LogP) is 2.84. The summed E-state index contributed by atoms with van der Waals surface area (Å²) in [7, 11) is 0. The van der Waals surface area contributed by atoms with E-state index in [2.05, 4.69) is 29.1 Å². The van der Waals surface area contributed by atoms with E-state index < -0.39 is 0 Å². The third kappa shape index (κ3) is 4.61. The third-order valence-electron chi connectivity index (χ3n) is 4.14. The molecule has 0 unspecified atom stereocenters. The SMILES string of the molecule is CCOC(=O)/C=c1\[nH]c(=S)s\c1=C/c1c(C)nn(Cc2ccccc2)c1C. The first-order chi connectivity index (χ1) is 13.0. The highest BCUT2D eigenvalue weighted by Crippen LogP contribution is 2.15. The number of aromatic nitrogens is 3. The average molecular weight is 400 g/mol. The van der Waals surface area contributed by atoms with Crippen LogP contribution in [0.4, 0.5) is 0 Å². The minimum absolute atomic E-state index is 0.337. The average Bonchev–Trinajstić information content (AvgIpc) is 3.10. The van der Waals surface area contributed by atoms with E-state index in [-0.39, 0.29) is 5.97 Å². The van der Waals surface area contributed by atoms with E-state index >= 15 is 0 Å². The molecule has 7 heteroatoms. The van der Waals surface area contributed by atoms with Crippen molar-refractivity contribution in [2.24, 2.45) is 0 Å². The molecule has 0 saturated heterocycles. The van der Waals surface area contributed by atoms with Gasteiger partial charge >= 0.3 is 5.97 Å². The molecule has 0 radical (unpaired) electrons. The van der Waals surface area contributed by atoms with Crippen molar-refractivity contribution in [3.05, 3.63) is 66.7 Å². The summed E-state index contributed by atoms with van der Waals surface area (Å²) in [5.74, 6) is -0.385. The molecule has 0 aliphatic carbocycles. The van der Waals surface area contributed by atoms with Crippen LogP contribution in [0.5, 0.6) is 0 Å². The van der Waals surface area contributed by atoms with Crippen LogP contribution >= 0.6 is 23.6 Å². The first kappa shape index (κ1) is 19.3. The Bertz CT molecular complexity index is 1120. The molecule has 1 aromatic carbocycles. The molecule has 3 rings (SSSR count). The molecular weight excluding hydrogens is 378 g/mol. The van der Waals surface area contributed by atoms with Crippen LogP contribution in [0.2, 0.25) is 0 Å². The highest BCUT2D eigenvalue weighted by molar-refractivity contribution is 7.73. The normalized spacial score (nSPS) is 12.6. The number of nitrogens with one attached hydrogen (secondary N) is 1. The van der Waals surface area contributed by atoms with Gasteiger partial charge in [-0.15, -0.1) is 11.3 Å². The highest BCUT2D eigenvalue weighted by atomic mass is 32.1. The van der Waals surface area contributed by atoms with Crippen molar-refractivity contribution in [2.45, 2.75) is 27.3 Å². The Morgan fingerprint density at radius 3 is 2.78 bits per heavy atom. The van der Waals surface area contributed by atoms with E-state index in [1.165, 1.54) is 23.0 Å². The molecule has 0 aliphatic rings. The lowest BCUT2D eigenvalue weighted by Gasteiger charge is -2.04. The molecule has 2 aromatic heterocycles. The summed E-state index contributed by atoms with van der Waals surface area (Å²) < 4.78 is 8.50. The number of esters is 1. The standard InChI is InChI=1S/C20H21N3O2S2/c1-4-25-19(24)11-17-18(27-20(26)21-17)10-16-13(2)22-23(14(16)3)12-15-8-6-5-7-9-15/h5-11H,4,12H2,1-3H3,(H,21,26)/b17-11-,18-10-. The van der Waals surface area contributed by atoms with Gasteiger partial charge in [0.25, 0.3) is 0 Å². The monoisotopic (exact) mass is 399 g/mol. The molecule has 3 aromatic rings. The first-order valence-electron chi connectivity index (χ1n) is 8.65. The summed E-state index contributed by atoms with van der Waals surface area (Å²) in [6.07, 6.45) is 3.47. The Morgan fingerprint density at radius 1 is 1.33 bits per heavy atom. The number of hydrogen-bond acceptors (Lipinski definition) is 5. The predicted molar refractivity (Wildman–Crippen MR) is 111 cm³/mol. The van der Waals surface area contributed by atoms with Crippen molar-refractivity contribution in [1.29, 1.82) is 0 Å². The molecule has 1 N–H and O–H groups in total. The summed E-state index contributed by atoms with van der Waals surface area (Å²) in [5.41, 5.74) is 4.24. The largest absolute Gasteiger partial charge is 0.463 e. The van der Waals surface area contributed by atoms with E-state index in [4.69, 9.17) is 17.0 Å². The van der Waals surface area contributed by atoms with Crippen LogP contribution in [0.25, 0.3) is 12.2 Å². The van der Waals surface area contributed by atoms with Gasteiger partial charge in [0.1, 0.15) is 0 Å². The van der Waals surface area contributed by atoms with Crippen LogP contribution < -0.4 is 9.88 Å². The van der Waals surface area contributed by atoms with Crippen LogP contribution in [0.15, 0.2) is 30.3 Å². The zero-order chi connectivity index (χ0) is 19.4. The molecule has 0 saturated carbocycles. The van der Waals surface area contributed by atoms with E-state index in [0.717, 1.165) is 21.5 Å². The Labute approximate surface area is 166 Å². The number of carbonyl (C=O) groups excluding carboxylic acids is 1. The number of carbonyl (C=O) groups is 1. The number of H-pyrrole nitrogens is 1. The lowest BCUT2D eigenvalue weighted by atomic mass is 10.2. The lowest BCUT2D eigenvalue weighted by molar-refractivity contribution is -0.135. The fourth-order valence-corrected chi connectivity index (χ4v) is 3.97. The van der Waals surface area contributed by atoms with Gasteiger partial charge in [-0.2, -0.15) is 5.10 Å². The summed E-state index contributed by atoms with van der Waals surface area (Å²) in [5, 5.41) is 5.35. The maximum atomic E-state index is 11.8. The van der Waals surface area contributed by atoms with Gasteiger partial charge in [0, 0.05) is 17.3 Å². The second kappa shape index (κ2) is 8.45. The second-order valence-electron chi connectivity index (χ2n) is 6.06. The Morgan fingerprint density at radius 2 is 2.07 bits per heavy atom. The van der Waals surface area contributed by atoms with E-state index in [0.29, 0.717) is 22.5 Å². The van der Waals surface area contributed by atoms with Gasteiger partial charge < -0.3 is 9.72 Å². The zero-order valence-corrected chi connectivity index (χ0v) is 17.1. The van der Waals surface area contributed by atoms with Crippen molar-refractivity contribution in [2.75, 3.05) is 6.61 Å². The van der Waals surface area contributed by atoms with Gasteiger partial charge in [-0.05, 0) is 44.6 Å². The molecule has 140 valence electrons. The third-order valence-corrected chi connectivity index (χ3v) is 5.34. The van der Waals surface area contributed by atoms with Gasteiger partial charge in [-0.1, -0.05) is 30.3 Å². The number of nitrogens with zero attached hydrogens (tertiary/aromatic N) is 2. The number of aromatic amines is 1. The van der Waals surface area contributed by atoms with Gasteiger partial charge in [0.05, 0.1) is 28.7 Å². The number of ether oxygens (including phenoxy) is 1. The van der Waals surface area contributed by atoms with Crippen molar-refractivity contribution in [1.82, 2.24) is 14.8 Å². The van der Waals surface area contributed by atoms with Crippen molar-refractivity contribution >= 4 is 41.7 Å². The van der Waals surface area contributed by atoms with E-state index in [1.54, 1.807) is 6.92 Å². The van der Waals surface area contributed by atoms with Gasteiger partial charge in [0.2, 0.25) is 0 Å². The fraction of sp³-hybridized carbons (Fsp3) is 0.250. The second-order valence-corrected chi connectivity index (χ2v) is 7.78. The number of thiazole rings is 1. The number of aryl methyl sites for hydroxylation is 1. The molecule has 0 aliphatic heterocycles. The number of rotatable bonds is 5. The van der Waals surface area contributed by atoms with Crippen LogP contribution in [0.1, 0.15) is 29.4 Å². The summed E-state index contributed by atoms with van der Waals surface area (Å²) >= 11 is 6.69.